The molecule has 3 atom stereocenters. The van der Waals surface area contributed by atoms with Crippen LogP contribution in [0.1, 0.15) is 36.5 Å². The molecule has 0 saturated carbocycles. The third-order valence-corrected chi connectivity index (χ3v) is 6.89. The van der Waals surface area contributed by atoms with Crippen molar-refractivity contribution >= 4 is 47.4 Å². The zero-order chi connectivity index (χ0) is 26.4. The smallest absolute Gasteiger partial charge is 0.352 e. The Kier molecular flexibility index (Phi) is 8.69. The molecule has 0 spiro atoms. The minimum atomic E-state index is -1.34. The third-order valence-electron chi connectivity index (χ3n) is 5.55. The molecule has 1 saturated heterocycles. The van der Waals surface area contributed by atoms with Gasteiger partial charge in [-0.3, -0.25) is 24.1 Å². The largest absolute Gasteiger partial charge is 0.480 e. The lowest BCUT2D eigenvalue weighted by Gasteiger charge is -2.49. The van der Waals surface area contributed by atoms with E-state index in [2.05, 4.69) is 10.6 Å². The Morgan fingerprint density at radius 1 is 1.17 bits per heavy atom. The highest BCUT2D eigenvalue weighted by Crippen LogP contribution is 2.40. The van der Waals surface area contributed by atoms with Crippen molar-refractivity contribution in [3.8, 4) is 0 Å². The summed E-state index contributed by atoms with van der Waals surface area (Å²) in [7, 11) is 0. The topological polar surface area (TPSA) is 179 Å². The Morgan fingerprint density at radius 2 is 1.86 bits per heavy atom. The predicted molar refractivity (Wildman–Crippen MR) is 126 cm³/mol. The SMILES string of the molecule is CC(=O)OCC1=C(C(=O)O)N2C(=O)[C@@H](NC(=O)CCC[C@@H](NC(=O)c3ccccc3)C(=O)O)[C@H]2SC1. The molecule has 192 valence electrons. The average Bonchev–Trinajstić information content (AvgIpc) is 2.84. The van der Waals surface area contributed by atoms with E-state index in [4.69, 9.17) is 4.74 Å². The lowest BCUT2D eigenvalue weighted by Crippen LogP contribution is -2.70. The van der Waals surface area contributed by atoms with Crippen molar-refractivity contribution in [2.45, 2.75) is 43.6 Å². The van der Waals surface area contributed by atoms with Gasteiger partial charge in [0.05, 0.1) is 0 Å². The normalized spacial score (nSPS) is 19.5. The number of esters is 1. The van der Waals surface area contributed by atoms with Crippen molar-refractivity contribution in [2.24, 2.45) is 0 Å². The van der Waals surface area contributed by atoms with E-state index in [0.717, 1.165) is 4.90 Å². The standard InChI is InChI=1S/C23H25N3O9S/c1-12(27)35-10-14-11-36-21-17(20(30)26(21)18(14)23(33)34)25-16(28)9-5-8-15(22(31)32)24-19(29)13-6-3-2-4-7-13/h2-4,6-7,15,17,21H,5,8-11H2,1H3,(H,24,29)(H,25,28)(H,31,32)(H,33,34)/t15-,17-,21-/m1/s1. The molecule has 1 fully saturated rings. The molecule has 2 heterocycles. The second-order valence-corrected chi connectivity index (χ2v) is 9.22. The van der Waals surface area contributed by atoms with Gasteiger partial charge in [0.2, 0.25) is 5.91 Å². The van der Waals surface area contributed by atoms with Crippen LogP contribution in [0, 0.1) is 0 Å². The van der Waals surface area contributed by atoms with Crippen LogP contribution in [0.3, 0.4) is 0 Å². The first kappa shape index (κ1) is 26.7. The number of carboxylic acid groups (broad SMARTS) is 2. The number of thioether (sulfide) groups is 1. The number of fused-ring (bicyclic) bond motifs is 1. The van der Waals surface area contributed by atoms with Gasteiger partial charge >= 0.3 is 17.9 Å². The highest BCUT2D eigenvalue weighted by atomic mass is 32.2. The number of carbonyl (C=O) groups is 6. The lowest BCUT2D eigenvalue weighted by atomic mass is 10.0. The molecule has 36 heavy (non-hydrogen) atoms. The molecule has 2 aliphatic heterocycles. The second kappa shape index (κ2) is 11.7. The van der Waals surface area contributed by atoms with Crippen molar-refractivity contribution in [1.82, 2.24) is 15.5 Å². The van der Waals surface area contributed by atoms with E-state index in [-0.39, 0.29) is 42.9 Å². The molecule has 2 aliphatic rings. The van der Waals surface area contributed by atoms with Crippen LogP contribution in [0.25, 0.3) is 0 Å². The van der Waals surface area contributed by atoms with Crippen LogP contribution >= 0.6 is 11.8 Å². The summed E-state index contributed by atoms with van der Waals surface area (Å²) in [4.78, 5) is 72.6. The molecule has 0 bridgehead atoms. The van der Waals surface area contributed by atoms with Crippen molar-refractivity contribution in [2.75, 3.05) is 12.4 Å². The fourth-order valence-corrected chi connectivity index (χ4v) is 5.11. The fourth-order valence-electron chi connectivity index (χ4n) is 3.78. The van der Waals surface area contributed by atoms with E-state index < -0.39 is 53.1 Å². The van der Waals surface area contributed by atoms with E-state index in [1.165, 1.54) is 18.7 Å². The average molecular weight is 520 g/mol. The van der Waals surface area contributed by atoms with Gasteiger partial charge in [-0.15, -0.1) is 11.8 Å². The van der Waals surface area contributed by atoms with Gasteiger partial charge in [-0.05, 0) is 25.0 Å². The maximum atomic E-state index is 12.6. The number of carbonyl (C=O) groups excluding carboxylic acids is 4. The van der Waals surface area contributed by atoms with Crippen molar-refractivity contribution in [1.29, 1.82) is 0 Å². The molecule has 0 aromatic heterocycles. The van der Waals surface area contributed by atoms with E-state index in [0.29, 0.717) is 5.56 Å². The molecule has 4 N–H and O–H groups in total. The number of β-lactam (4-membered cyclic amide) rings is 1. The highest BCUT2D eigenvalue weighted by molar-refractivity contribution is 8.00. The van der Waals surface area contributed by atoms with Crippen LogP contribution in [0.4, 0.5) is 0 Å². The van der Waals surface area contributed by atoms with Crippen LogP contribution in [-0.2, 0) is 28.7 Å². The molecule has 3 amide bonds. The van der Waals surface area contributed by atoms with Gasteiger partial charge in [0.1, 0.15) is 29.8 Å². The van der Waals surface area contributed by atoms with Gasteiger partial charge in [-0.1, -0.05) is 18.2 Å². The summed E-state index contributed by atoms with van der Waals surface area (Å²) in [6.07, 6.45) is 0.0360. The van der Waals surface area contributed by atoms with Gasteiger partial charge in [-0.25, -0.2) is 9.59 Å². The summed E-state index contributed by atoms with van der Waals surface area (Å²) in [6.45, 7) is 0.944. The van der Waals surface area contributed by atoms with Crippen molar-refractivity contribution in [3.63, 3.8) is 0 Å². The van der Waals surface area contributed by atoms with E-state index in [9.17, 15) is 39.0 Å². The molecule has 1 aromatic rings. The molecule has 13 heteroatoms. The molecule has 0 unspecified atom stereocenters. The summed E-state index contributed by atoms with van der Waals surface area (Å²) in [6, 6.07) is 6.00. The number of nitrogens with one attached hydrogen (secondary N) is 2. The number of nitrogens with zero attached hydrogens (tertiary/aromatic N) is 1. The predicted octanol–water partition coefficient (Wildman–Crippen LogP) is 0.342. The second-order valence-electron chi connectivity index (χ2n) is 8.12. The first-order valence-electron chi connectivity index (χ1n) is 11.0. The third kappa shape index (κ3) is 6.22. The monoisotopic (exact) mass is 519 g/mol. The fraction of sp³-hybridized carbons (Fsp3) is 0.391. The summed E-state index contributed by atoms with van der Waals surface area (Å²) < 4.78 is 4.88. The minimum absolute atomic E-state index is 0.00431. The van der Waals surface area contributed by atoms with Gasteiger partial charge < -0.3 is 25.6 Å². The maximum absolute atomic E-state index is 12.6. The van der Waals surface area contributed by atoms with E-state index in [1.807, 2.05) is 0 Å². The molecule has 1 aromatic carbocycles. The van der Waals surface area contributed by atoms with Gasteiger partial charge in [0.15, 0.2) is 0 Å². The quantitative estimate of drug-likeness (QED) is 0.235. The maximum Gasteiger partial charge on any atom is 0.352 e. The van der Waals surface area contributed by atoms with E-state index >= 15 is 0 Å². The van der Waals surface area contributed by atoms with Crippen molar-refractivity contribution < 1.29 is 43.7 Å². The van der Waals surface area contributed by atoms with Crippen molar-refractivity contribution in [3.05, 3.63) is 47.2 Å². The zero-order valence-electron chi connectivity index (χ0n) is 19.3. The Labute approximate surface area is 210 Å². The van der Waals surface area contributed by atoms with Gasteiger partial charge in [-0.2, -0.15) is 0 Å². The van der Waals surface area contributed by atoms with Crippen LogP contribution < -0.4 is 10.6 Å². The Hall–Kier alpha value is -3.87. The Morgan fingerprint density at radius 3 is 2.47 bits per heavy atom. The van der Waals surface area contributed by atoms with Gasteiger partial charge in [0, 0.05) is 30.2 Å². The first-order valence-corrected chi connectivity index (χ1v) is 12.1. The minimum Gasteiger partial charge on any atom is -0.480 e. The Balaban J connectivity index is 1.52. The molecule has 3 rings (SSSR count). The van der Waals surface area contributed by atoms with Crippen LogP contribution in [0.2, 0.25) is 0 Å². The number of rotatable bonds is 11. The number of hydrogen-bond acceptors (Lipinski definition) is 8. The van der Waals surface area contributed by atoms with Crippen LogP contribution in [0.15, 0.2) is 41.6 Å². The number of carboxylic acids is 2. The summed E-state index contributed by atoms with van der Waals surface area (Å²) in [5.74, 6) is -4.59. The van der Waals surface area contributed by atoms with Gasteiger partial charge in [0.25, 0.3) is 11.8 Å². The molecule has 0 aliphatic carbocycles. The summed E-state index contributed by atoms with van der Waals surface area (Å²) in [5, 5.41) is 23.3. The van der Waals surface area contributed by atoms with E-state index in [1.54, 1.807) is 30.3 Å². The number of aliphatic carboxylic acids is 2. The van der Waals surface area contributed by atoms with Crippen LogP contribution in [0.5, 0.6) is 0 Å². The molecular formula is C23H25N3O9S. The molecule has 12 nitrogen and oxygen atoms in total. The number of ether oxygens (including phenoxy) is 1. The van der Waals surface area contributed by atoms with Crippen LogP contribution in [-0.4, -0.2) is 80.6 Å². The molecule has 0 radical (unpaired) electrons. The molecular weight excluding hydrogens is 494 g/mol. The highest BCUT2D eigenvalue weighted by Gasteiger charge is 2.54. The summed E-state index contributed by atoms with van der Waals surface area (Å²) >= 11 is 1.24. The number of amides is 3. The Bertz CT molecular complexity index is 1110. The number of hydrogen-bond donors (Lipinski definition) is 4. The summed E-state index contributed by atoms with van der Waals surface area (Å²) in [5.41, 5.74) is 0.341. The number of benzene rings is 1. The first-order chi connectivity index (χ1) is 17.1. The lowest BCUT2D eigenvalue weighted by molar-refractivity contribution is -0.151. The zero-order valence-corrected chi connectivity index (χ0v) is 20.1.